The molecule has 0 saturated carbocycles. The van der Waals surface area contributed by atoms with Crippen LogP contribution in [-0.2, 0) is 11.2 Å². The van der Waals surface area contributed by atoms with Crippen molar-refractivity contribution in [3.8, 4) is 16.9 Å². The molecule has 0 aliphatic carbocycles. The first kappa shape index (κ1) is 18.5. The number of rotatable bonds is 9. The van der Waals surface area contributed by atoms with Gasteiger partial charge in [0, 0.05) is 6.08 Å². The highest BCUT2D eigenvalue weighted by molar-refractivity contribution is 5.80. The second-order valence-corrected chi connectivity index (χ2v) is 5.75. The number of carboxylic acids is 1. The molecule has 0 unspecified atom stereocenters. The molecule has 0 atom stereocenters. The van der Waals surface area contributed by atoms with Gasteiger partial charge in [-0.1, -0.05) is 68.0 Å². The van der Waals surface area contributed by atoms with Crippen molar-refractivity contribution in [2.24, 2.45) is 0 Å². The molecular weight excluding hydrogens is 312 g/mol. The molecule has 0 aliphatic heterocycles. The Morgan fingerprint density at radius 1 is 1.00 bits per heavy atom. The van der Waals surface area contributed by atoms with Crippen molar-refractivity contribution in [1.29, 1.82) is 0 Å². The second-order valence-electron chi connectivity index (χ2n) is 5.75. The Morgan fingerprint density at radius 2 is 1.64 bits per heavy atom. The van der Waals surface area contributed by atoms with Crippen LogP contribution in [0.5, 0.6) is 5.75 Å². The zero-order valence-corrected chi connectivity index (χ0v) is 14.5. The van der Waals surface area contributed by atoms with Gasteiger partial charge in [0.1, 0.15) is 5.75 Å². The Balaban J connectivity index is 1.91. The van der Waals surface area contributed by atoms with Crippen LogP contribution in [0.25, 0.3) is 11.1 Å². The third-order valence-corrected chi connectivity index (χ3v) is 3.75. The molecule has 2 rings (SSSR count). The van der Waals surface area contributed by atoms with Crippen LogP contribution < -0.4 is 4.74 Å². The van der Waals surface area contributed by atoms with E-state index in [-0.39, 0.29) is 0 Å². The highest BCUT2D eigenvalue weighted by atomic mass is 16.5. The lowest BCUT2D eigenvalue weighted by Gasteiger charge is -2.07. The van der Waals surface area contributed by atoms with E-state index in [1.54, 1.807) is 6.08 Å². The van der Waals surface area contributed by atoms with Gasteiger partial charge in [0.25, 0.3) is 0 Å². The van der Waals surface area contributed by atoms with Crippen LogP contribution in [0.1, 0.15) is 25.3 Å². The average Bonchev–Trinajstić information content (AvgIpc) is 2.63. The van der Waals surface area contributed by atoms with Crippen molar-refractivity contribution in [3.63, 3.8) is 0 Å². The molecule has 1 N–H and O–H groups in total. The maximum absolute atomic E-state index is 10.4. The maximum Gasteiger partial charge on any atom is 0.328 e. The molecule has 0 bridgehead atoms. The fraction of sp³-hybridized carbons (Fsp3) is 0.227. The predicted molar refractivity (Wildman–Crippen MR) is 102 cm³/mol. The summed E-state index contributed by atoms with van der Waals surface area (Å²) in [6, 6.07) is 16.6. The van der Waals surface area contributed by atoms with E-state index >= 15 is 0 Å². The van der Waals surface area contributed by atoms with Crippen LogP contribution in [0.2, 0.25) is 0 Å². The van der Waals surface area contributed by atoms with Gasteiger partial charge in [-0.2, -0.15) is 0 Å². The predicted octanol–water partition coefficient (Wildman–Crippen LogP) is 5.27. The minimum absolute atomic E-state index is 0.764. The van der Waals surface area contributed by atoms with E-state index in [0.29, 0.717) is 0 Å². The number of ether oxygens (including phenoxy) is 1. The molecule has 2 aromatic rings. The van der Waals surface area contributed by atoms with Crippen LogP contribution in [-0.4, -0.2) is 17.7 Å². The summed E-state index contributed by atoms with van der Waals surface area (Å²) in [7, 11) is 0. The van der Waals surface area contributed by atoms with Crippen LogP contribution in [0.3, 0.4) is 0 Å². The molecule has 0 aromatic heterocycles. The monoisotopic (exact) mass is 336 g/mol. The Labute approximate surface area is 149 Å². The van der Waals surface area contributed by atoms with Crippen LogP contribution in [0.4, 0.5) is 0 Å². The highest BCUT2D eigenvalue weighted by Crippen LogP contribution is 2.23. The number of unbranched alkanes of at least 4 members (excludes halogenated alkanes) is 1. The van der Waals surface area contributed by atoms with Crippen molar-refractivity contribution >= 4 is 5.97 Å². The number of benzene rings is 2. The summed E-state index contributed by atoms with van der Waals surface area (Å²) in [5, 5.41) is 8.51. The molecule has 0 heterocycles. The number of carboxylic acid groups (broad SMARTS) is 1. The van der Waals surface area contributed by atoms with Crippen molar-refractivity contribution in [2.45, 2.75) is 26.2 Å². The smallest absolute Gasteiger partial charge is 0.328 e. The first-order chi connectivity index (χ1) is 12.2. The fourth-order valence-corrected chi connectivity index (χ4v) is 2.33. The van der Waals surface area contributed by atoms with E-state index in [9.17, 15) is 4.79 Å². The molecule has 0 aliphatic rings. The molecule has 25 heavy (non-hydrogen) atoms. The summed E-state index contributed by atoms with van der Waals surface area (Å²) in [4.78, 5) is 10.4. The normalized spacial score (nSPS) is 11.2. The lowest BCUT2D eigenvalue weighted by molar-refractivity contribution is -0.131. The summed E-state index contributed by atoms with van der Waals surface area (Å²) in [5.74, 6) is -0.0239. The van der Waals surface area contributed by atoms with Crippen LogP contribution in [0, 0.1) is 0 Å². The van der Waals surface area contributed by atoms with E-state index in [1.165, 1.54) is 17.2 Å². The number of aliphatic carboxylic acids is 1. The van der Waals surface area contributed by atoms with E-state index in [4.69, 9.17) is 9.84 Å². The molecular formula is C22H24O3. The number of carbonyl (C=O) groups is 1. The zero-order chi connectivity index (χ0) is 17.9. The van der Waals surface area contributed by atoms with Gasteiger partial charge in [0.15, 0.2) is 0 Å². The van der Waals surface area contributed by atoms with Gasteiger partial charge in [-0.25, -0.2) is 4.79 Å². The molecule has 130 valence electrons. The Kier molecular flexibility index (Phi) is 7.51. The first-order valence-corrected chi connectivity index (χ1v) is 8.57. The van der Waals surface area contributed by atoms with Crippen LogP contribution >= 0.6 is 0 Å². The molecule has 3 nitrogen and oxygen atoms in total. The molecule has 0 radical (unpaired) electrons. The summed E-state index contributed by atoms with van der Waals surface area (Å²) < 4.78 is 5.69. The minimum atomic E-state index is -0.934. The fourth-order valence-electron chi connectivity index (χ4n) is 2.33. The molecule has 0 saturated heterocycles. The number of allylic oxidation sites excluding steroid dienone is 3. The quantitative estimate of drug-likeness (QED) is 0.385. The van der Waals surface area contributed by atoms with Crippen molar-refractivity contribution in [3.05, 3.63) is 78.4 Å². The van der Waals surface area contributed by atoms with E-state index < -0.39 is 5.97 Å². The average molecular weight is 336 g/mol. The number of hydrogen-bond donors (Lipinski definition) is 1. The van der Waals surface area contributed by atoms with Crippen molar-refractivity contribution < 1.29 is 14.6 Å². The SMILES string of the molecule is CCCCOc1ccc(-c2ccc(CC=CC=CC(=O)O)cc2)cc1. The lowest BCUT2D eigenvalue weighted by Crippen LogP contribution is -1.95. The van der Waals surface area contributed by atoms with Crippen molar-refractivity contribution in [2.75, 3.05) is 6.61 Å². The van der Waals surface area contributed by atoms with Gasteiger partial charge in [0.05, 0.1) is 6.61 Å². The molecule has 3 heteroatoms. The van der Waals surface area contributed by atoms with Gasteiger partial charge in [0.2, 0.25) is 0 Å². The van der Waals surface area contributed by atoms with Crippen molar-refractivity contribution in [1.82, 2.24) is 0 Å². The molecule has 0 spiro atoms. The molecule has 0 fully saturated rings. The maximum atomic E-state index is 10.4. The van der Waals surface area contributed by atoms with E-state index in [0.717, 1.165) is 43.3 Å². The molecule has 0 amide bonds. The molecule has 2 aromatic carbocycles. The minimum Gasteiger partial charge on any atom is -0.494 e. The standard InChI is InChI=1S/C22H24O3/c1-2-3-17-25-21-15-13-20(14-16-21)19-11-9-18(10-12-19)7-5-4-6-8-22(23)24/h4-6,8-16H,2-3,7,17H2,1H3,(H,23,24). The van der Waals surface area contributed by atoms with Gasteiger partial charge >= 0.3 is 5.97 Å². The largest absolute Gasteiger partial charge is 0.494 e. The Hall–Kier alpha value is -2.81. The highest BCUT2D eigenvalue weighted by Gasteiger charge is 1.99. The second kappa shape index (κ2) is 10.1. The zero-order valence-electron chi connectivity index (χ0n) is 14.5. The first-order valence-electron chi connectivity index (χ1n) is 8.57. The summed E-state index contributed by atoms with van der Waals surface area (Å²) in [5.41, 5.74) is 3.51. The van der Waals surface area contributed by atoms with Crippen LogP contribution in [0.15, 0.2) is 72.8 Å². The van der Waals surface area contributed by atoms with Gasteiger partial charge in [-0.05, 0) is 41.7 Å². The Morgan fingerprint density at radius 3 is 2.24 bits per heavy atom. The van der Waals surface area contributed by atoms with E-state index in [1.807, 2.05) is 18.2 Å². The third kappa shape index (κ3) is 6.68. The Bertz CT molecular complexity index is 710. The third-order valence-electron chi connectivity index (χ3n) is 3.75. The van der Waals surface area contributed by atoms with Gasteiger partial charge in [-0.3, -0.25) is 0 Å². The van der Waals surface area contributed by atoms with Gasteiger partial charge in [-0.15, -0.1) is 0 Å². The lowest BCUT2D eigenvalue weighted by atomic mass is 10.0. The topological polar surface area (TPSA) is 46.5 Å². The summed E-state index contributed by atoms with van der Waals surface area (Å²) >= 11 is 0. The summed E-state index contributed by atoms with van der Waals surface area (Å²) in [6.07, 6.45) is 9.32. The number of hydrogen-bond acceptors (Lipinski definition) is 2. The van der Waals surface area contributed by atoms with E-state index in [2.05, 4.69) is 43.3 Å². The summed E-state index contributed by atoms with van der Waals surface area (Å²) in [6.45, 7) is 2.92. The van der Waals surface area contributed by atoms with Gasteiger partial charge < -0.3 is 9.84 Å².